The van der Waals surface area contributed by atoms with Crippen LogP contribution in [0.4, 0.5) is 0 Å². The summed E-state index contributed by atoms with van der Waals surface area (Å²) in [7, 11) is -1.70. The number of hydrogen-bond donors (Lipinski definition) is 5. The number of aromatic nitrogens is 2. The second-order valence-corrected chi connectivity index (χ2v) is 7.76. The Kier molecular flexibility index (Phi) is 8.19. The molecule has 2 aromatic carbocycles. The first-order valence-electron chi connectivity index (χ1n) is 9.46. The lowest BCUT2D eigenvalue weighted by atomic mass is 10.1. The summed E-state index contributed by atoms with van der Waals surface area (Å²) in [5.41, 5.74) is 1.23. The third-order valence-electron chi connectivity index (χ3n) is 4.61. The number of aromatic hydroxyl groups is 4. The average Bonchev–Trinajstić information content (AvgIpc) is 2.72. The Bertz CT molecular complexity index is 1290. The summed E-state index contributed by atoms with van der Waals surface area (Å²) in [6.45, 7) is 0. The van der Waals surface area contributed by atoms with Gasteiger partial charge in [0.1, 0.15) is 34.4 Å². The van der Waals surface area contributed by atoms with Gasteiger partial charge in [0.2, 0.25) is 10.4 Å². The third kappa shape index (κ3) is 6.93. The standard InChI is InChI=1S/C22H20N2O5.H2O4S/c1-23-14(9-11-16-18(25)5-3-6-19(16)26)13-15(24(2)22(23)29)10-12-17-20(27)7-4-8-21(17)28;1-5(2,3)4/h3-13H,1-2H3,(H3,25,26,27,28);(H2,1,2,3,4). The second kappa shape index (κ2) is 10.7. The first kappa shape index (κ1) is 26.1. The van der Waals surface area contributed by atoms with Gasteiger partial charge >= 0.3 is 5.69 Å². The fraction of sp³-hybridized carbons (Fsp3) is 0.0909. The first-order chi connectivity index (χ1) is 15.8. The molecule has 0 atom stereocenters. The maximum Gasteiger partial charge on any atom is 0.498 e. The van der Waals surface area contributed by atoms with E-state index in [1.165, 1.54) is 57.7 Å². The van der Waals surface area contributed by atoms with E-state index in [0.717, 1.165) is 0 Å². The molecule has 0 aliphatic heterocycles. The number of phenolic OH excluding ortho intramolecular Hbond substituents is 4. The monoisotopic (exact) mass is 490 g/mol. The van der Waals surface area contributed by atoms with Crippen molar-refractivity contribution in [1.29, 1.82) is 0 Å². The third-order valence-corrected chi connectivity index (χ3v) is 4.61. The Labute approximate surface area is 194 Å². The second-order valence-electron chi connectivity index (χ2n) is 6.91. The molecule has 3 rings (SSSR count). The van der Waals surface area contributed by atoms with Crippen molar-refractivity contribution < 1.29 is 42.5 Å². The number of phenols is 4. The van der Waals surface area contributed by atoms with E-state index in [1.807, 2.05) is 0 Å². The van der Waals surface area contributed by atoms with E-state index in [0.29, 0.717) is 11.4 Å². The van der Waals surface area contributed by atoms with Crippen molar-refractivity contribution in [3.63, 3.8) is 0 Å². The molecule has 12 heteroatoms. The highest BCUT2D eigenvalue weighted by Crippen LogP contribution is 2.29. The van der Waals surface area contributed by atoms with Crippen LogP contribution in [-0.2, 0) is 24.5 Å². The molecule has 0 radical (unpaired) electrons. The lowest BCUT2D eigenvalue weighted by molar-refractivity contribution is -0.692. The SMILES string of the molecule is Cn1c(C=Cc2c(O)cccc2O)cc(C=Cc2c(O)cccc2O)[n+](C)c1=O.O=S(=O)([O-])O. The summed E-state index contributed by atoms with van der Waals surface area (Å²) < 4.78 is 35.7. The highest BCUT2D eigenvalue weighted by Gasteiger charge is 2.14. The summed E-state index contributed by atoms with van der Waals surface area (Å²) >= 11 is 0. The topological polar surface area (TPSA) is 184 Å². The molecule has 0 amide bonds. The predicted octanol–water partition coefficient (Wildman–Crippen LogP) is 1.38. The molecule has 0 aliphatic carbocycles. The maximum absolute atomic E-state index is 12.6. The van der Waals surface area contributed by atoms with Gasteiger partial charge in [-0.3, -0.25) is 4.55 Å². The van der Waals surface area contributed by atoms with E-state index in [-0.39, 0.29) is 39.8 Å². The van der Waals surface area contributed by atoms with Gasteiger partial charge in [-0.15, -0.1) is 0 Å². The average molecular weight is 490 g/mol. The van der Waals surface area contributed by atoms with Gasteiger partial charge in [0, 0.05) is 6.07 Å². The van der Waals surface area contributed by atoms with Gasteiger partial charge in [-0.05, 0) is 48.6 Å². The largest absolute Gasteiger partial charge is 0.726 e. The Balaban J connectivity index is 0.000000739. The van der Waals surface area contributed by atoms with E-state index >= 15 is 0 Å². The molecule has 0 spiro atoms. The van der Waals surface area contributed by atoms with Crippen LogP contribution in [0.1, 0.15) is 22.5 Å². The van der Waals surface area contributed by atoms with Gasteiger partial charge in [0.15, 0.2) is 0 Å². The van der Waals surface area contributed by atoms with Gasteiger partial charge in [-0.2, -0.15) is 13.9 Å². The molecule has 34 heavy (non-hydrogen) atoms. The lowest BCUT2D eigenvalue weighted by Gasteiger charge is -2.05. The lowest BCUT2D eigenvalue weighted by Crippen LogP contribution is -2.53. The number of rotatable bonds is 4. The summed E-state index contributed by atoms with van der Waals surface area (Å²) in [4.78, 5) is 12.6. The zero-order valence-corrected chi connectivity index (χ0v) is 18.8. The highest BCUT2D eigenvalue weighted by atomic mass is 32.3. The number of benzene rings is 2. The molecule has 11 nitrogen and oxygen atoms in total. The van der Waals surface area contributed by atoms with Crippen LogP contribution in [-0.4, -0.2) is 42.5 Å². The smallest absolute Gasteiger partial charge is 0.498 e. The molecule has 5 N–H and O–H groups in total. The fourth-order valence-electron chi connectivity index (χ4n) is 2.87. The zero-order valence-electron chi connectivity index (χ0n) is 18.0. The Morgan fingerprint density at radius 1 is 0.853 bits per heavy atom. The van der Waals surface area contributed by atoms with Crippen molar-refractivity contribution in [1.82, 2.24) is 4.57 Å². The van der Waals surface area contributed by atoms with Crippen LogP contribution in [0.5, 0.6) is 23.0 Å². The molecule has 0 unspecified atom stereocenters. The van der Waals surface area contributed by atoms with Crippen LogP contribution in [0, 0.1) is 0 Å². The van der Waals surface area contributed by atoms with E-state index in [4.69, 9.17) is 17.5 Å². The van der Waals surface area contributed by atoms with Gasteiger partial charge in [0.25, 0.3) is 0 Å². The van der Waals surface area contributed by atoms with Crippen LogP contribution in [0.2, 0.25) is 0 Å². The Morgan fingerprint density at radius 3 is 1.65 bits per heavy atom. The summed E-state index contributed by atoms with van der Waals surface area (Å²) in [5.74, 6) is -0.323. The maximum atomic E-state index is 12.6. The molecular weight excluding hydrogens is 468 g/mol. The summed E-state index contributed by atoms with van der Waals surface area (Å²) in [5, 5.41) is 39.6. The van der Waals surface area contributed by atoms with Crippen molar-refractivity contribution in [2.75, 3.05) is 0 Å². The molecule has 0 fully saturated rings. The van der Waals surface area contributed by atoms with Gasteiger partial charge < -0.3 is 25.0 Å². The van der Waals surface area contributed by atoms with E-state index in [2.05, 4.69) is 0 Å². The van der Waals surface area contributed by atoms with Gasteiger partial charge in [-0.1, -0.05) is 12.1 Å². The molecule has 1 heterocycles. The molecule has 180 valence electrons. The molecule has 0 bridgehead atoms. The summed E-state index contributed by atoms with van der Waals surface area (Å²) in [6, 6.07) is 10.6. The fourth-order valence-corrected chi connectivity index (χ4v) is 2.87. The van der Waals surface area contributed by atoms with E-state index < -0.39 is 10.4 Å². The Hall–Kier alpha value is -4.13. The van der Waals surface area contributed by atoms with Crippen LogP contribution >= 0.6 is 0 Å². The van der Waals surface area contributed by atoms with E-state index in [1.54, 1.807) is 32.3 Å². The quantitative estimate of drug-likeness (QED) is 0.205. The number of hydrogen-bond acceptors (Lipinski definition) is 8. The molecule has 1 aromatic heterocycles. The van der Waals surface area contributed by atoms with Crippen LogP contribution in [0.15, 0.2) is 47.3 Å². The predicted molar refractivity (Wildman–Crippen MR) is 123 cm³/mol. The Morgan fingerprint density at radius 2 is 1.24 bits per heavy atom. The van der Waals surface area contributed by atoms with Crippen molar-refractivity contribution in [3.05, 3.63) is 75.5 Å². The van der Waals surface area contributed by atoms with Gasteiger partial charge in [0.05, 0.1) is 25.2 Å². The minimum Gasteiger partial charge on any atom is -0.726 e. The van der Waals surface area contributed by atoms with Gasteiger partial charge in [-0.25, -0.2) is 8.42 Å². The van der Waals surface area contributed by atoms with Crippen LogP contribution in [0.25, 0.3) is 24.3 Å². The molecule has 0 saturated heterocycles. The van der Waals surface area contributed by atoms with Crippen molar-refractivity contribution in [3.8, 4) is 23.0 Å². The van der Waals surface area contributed by atoms with Crippen LogP contribution < -0.4 is 10.3 Å². The normalized spacial score (nSPS) is 11.5. The zero-order chi connectivity index (χ0) is 25.6. The molecule has 0 aliphatic rings. The minimum absolute atomic E-state index is 0.0807. The summed E-state index contributed by atoms with van der Waals surface area (Å²) in [6.07, 6.45) is 6.24. The minimum atomic E-state index is -4.92. The van der Waals surface area contributed by atoms with Crippen molar-refractivity contribution in [2.45, 2.75) is 0 Å². The van der Waals surface area contributed by atoms with E-state index in [9.17, 15) is 25.2 Å². The highest BCUT2D eigenvalue weighted by molar-refractivity contribution is 7.79. The number of nitrogens with zero attached hydrogens (tertiary/aromatic N) is 2. The van der Waals surface area contributed by atoms with Crippen molar-refractivity contribution in [2.24, 2.45) is 14.1 Å². The molecule has 3 aromatic rings. The molecular formula is C22H22N2O9S. The van der Waals surface area contributed by atoms with Crippen molar-refractivity contribution >= 4 is 34.7 Å². The first-order valence-corrected chi connectivity index (χ1v) is 10.8. The molecule has 0 saturated carbocycles. The van der Waals surface area contributed by atoms with Crippen LogP contribution in [0.3, 0.4) is 0 Å².